The molecule has 132 heavy (non-hydrogen) atoms. The van der Waals surface area contributed by atoms with Gasteiger partial charge in [-0.2, -0.15) is 59.2 Å². The Labute approximate surface area is 771 Å². The number of hydrogen-bond donors (Lipinski definition) is 12. The van der Waals surface area contributed by atoms with Crippen LogP contribution in [0.2, 0.25) is 5.02 Å². The van der Waals surface area contributed by atoms with E-state index in [1.54, 1.807) is 43.2 Å². The molecule has 0 bridgehead atoms. The van der Waals surface area contributed by atoms with Crippen molar-refractivity contribution in [3.05, 3.63) is 179 Å². The van der Waals surface area contributed by atoms with Gasteiger partial charge in [-0.25, -0.2) is 38.1 Å². The molecule has 5 heterocycles. The number of aryl methyl sites for hydroxylation is 9. The number of amides is 12. The minimum atomic E-state index is -4.37. The number of urea groups is 4. The molecule has 0 unspecified atom stereocenters. The maximum absolute atomic E-state index is 13.0. The van der Waals surface area contributed by atoms with Gasteiger partial charge in [-0.05, 0) is 186 Å². The van der Waals surface area contributed by atoms with E-state index in [1.165, 1.54) is 90.0 Å². The zero-order valence-electron chi connectivity index (χ0n) is 76.4. The summed E-state index contributed by atoms with van der Waals surface area (Å²) in [6.45, 7) is 15.5. The Morgan fingerprint density at radius 1 is 0.394 bits per heavy atom. The van der Waals surface area contributed by atoms with Crippen LogP contribution in [0.5, 0.6) is 0 Å². The summed E-state index contributed by atoms with van der Waals surface area (Å²) in [5.41, 5.74) is 16.1. The Morgan fingerprint density at radius 2 is 0.697 bits per heavy atom. The minimum absolute atomic E-state index is 0.00591. The van der Waals surface area contributed by atoms with Gasteiger partial charge in [-0.15, -0.1) is 0 Å². The molecule has 12 amide bonds. The number of likely N-dealkylation sites (N-methyl/N-ethyl adjacent to an activating group) is 2. The number of rotatable bonds is 28. The maximum atomic E-state index is 13.0. The summed E-state index contributed by atoms with van der Waals surface area (Å²) in [6, 6.07) is 16.3. The van der Waals surface area contributed by atoms with E-state index in [0.717, 1.165) is 171 Å². The molecule has 12 N–H and O–H groups in total. The lowest BCUT2D eigenvalue weighted by molar-refractivity contribution is 0.0750. The summed E-state index contributed by atoms with van der Waals surface area (Å²) in [5.74, 6) is -1.75. The molecule has 0 radical (unpaired) electrons. The van der Waals surface area contributed by atoms with Crippen LogP contribution in [-0.2, 0) is 133 Å². The van der Waals surface area contributed by atoms with Gasteiger partial charge in [0.05, 0.1) is 32.1 Å². The van der Waals surface area contributed by atoms with E-state index in [9.17, 15) is 72.0 Å². The van der Waals surface area contributed by atoms with Crippen LogP contribution in [0.1, 0.15) is 219 Å². The second-order valence-corrected chi connectivity index (χ2v) is 40.5. The first-order valence-electron chi connectivity index (χ1n) is 42.7. The molecule has 0 aliphatic heterocycles. The summed E-state index contributed by atoms with van der Waals surface area (Å²) in [6.07, 6.45) is 13.0. The predicted octanol–water partition coefficient (Wildman–Crippen LogP) is 7.68. The lowest BCUT2D eigenvalue weighted by Gasteiger charge is -2.21. The van der Waals surface area contributed by atoms with Gasteiger partial charge in [0.25, 0.3) is 63.7 Å². The molecule has 0 spiro atoms. The number of halogens is 1. The summed E-state index contributed by atoms with van der Waals surface area (Å²) >= 11 is 6.24. The van der Waals surface area contributed by atoms with Crippen molar-refractivity contribution in [1.29, 1.82) is 0 Å². The van der Waals surface area contributed by atoms with Gasteiger partial charge >= 0.3 is 24.1 Å². The Bertz CT molecular complexity index is 6250. The molecule has 41 nitrogen and oxygen atoms in total. The Kier molecular flexibility index (Phi) is 33.3. The van der Waals surface area contributed by atoms with E-state index < -0.39 is 108 Å². The molecule has 46 heteroatoms. The topological polar surface area (TPSA) is 541 Å². The molecule has 4 aromatic carbocycles. The Hall–Kier alpha value is -12.1. The number of carbonyl (C=O) groups is 8. The van der Waals surface area contributed by atoms with Crippen LogP contribution in [0, 0.1) is 0 Å². The summed E-state index contributed by atoms with van der Waals surface area (Å²) in [5, 5.41) is 58.6. The van der Waals surface area contributed by atoms with Crippen LogP contribution in [0.4, 0.5) is 41.9 Å². The number of nitrogens with zero attached hydrogens (tertiary/aromatic N) is 13. The molecule has 0 saturated heterocycles. The number of sulfonamides is 4. The van der Waals surface area contributed by atoms with E-state index in [1.807, 2.05) is 87.8 Å². The number of benzene rings is 4. The van der Waals surface area contributed by atoms with Crippen LogP contribution in [-0.4, -0.2) is 221 Å². The minimum Gasteiger partial charge on any atom is -0.395 e. The predicted molar refractivity (Wildman–Crippen MR) is 492 cm³/mol. The number of para-hydroxylation sites is 1. The van der Waals surface area contributed by atoms with Gasteiger partial charge in [0, 0.05) is 134 Å². The Balaban J connectivity index is 0.000000183. The largest absolute Gasteiger partial charge is 0.395 e. The van der Waals surface area contributed by atoms with Gasteiger partial charge < -0.3 is 56.6 Å². The highest BCUT2D eigenvalue weighted by Crippen LogP contribution is 2.42. The second kappa shape index (κ2) is 43.0. The first kappa shape index (κ1) is 102. The average molecular weight is 1920 g/mol. The molecular formula is C86H115ClN22O19S4. The van der Waals surface area contributed by atoms with E-state index in [-0.39, 0.29) is 92.4 Å². The molecule has 5 aromatic heterocycles. The van der Waals surface area contributed by atoms with E-state index >= 15 is 0 Å². The van der Waals surface area contributed by atoms with E-state index in [4.69, 9.17) is 26.9 Å². The molecule has 13 rings (SSSR count). The number of carbonyl (C=O) groups excluding carboxylic acids is 8. The highest BCUT2D eigenvalue weighted by Gasteiger charge is 2.35. The van der Waals surface area contributed by atoms with Gasteiger partial charge in [0.15, 0.2) is 20.1 Å². The normalized spacial score (nSPS) is 13.2. The van der Waals surface area contributed by atoms with Crippen molar-refractivity contribution >= 4 is 122 Å². The van der Waals surface area contributed by atoms with Crippen molar-refractivity contribution in [3.63, 3.8) is 0 Å². The molecular weight excluding hydrogens is 1810 g/mol. The summed E-state index contributed by atoms with van der Waals surface area (Å²) < 4.78 is 117. The van der Waals surface area contributed by atoms with Crippen molar-refractivity contribution in [1.82, 2.24) is 87.8 Å². The molecule has 0 atom stereocenters. The van der Waals surface area contributed by atoms with Crippen LogP contribution in [0.25, 0.3) is 0 Å². The van der Waals surface area contributed by atoms with Gasteiger partial charge in [0.1, 0.15) is 22.8 Å². The van der Waals surface area contributed by atoms with Crippen molar-refractivity contribution in [2.75, 3.05) is 81.9 Å². The fourth-order valence-corrected chi connectivity index (χ4v) is 19.7. The van der Waals surface area contributed by atoms with Crippen LogP contribution < -0.4 is 45.5 Å². The van der Waals surface area contributed by atoms with Crippen LogP contribution >= 0.6 is 11.6 Å². The highest BCUT2D eigenvalue weighted by molar-refractivity contribution is 7.90. The number of aromatic nitrogens is 10. The number of aliphatic hydroxyl groups is 3. The number of aliphatic hydroxyl groups excluding tert-OH is 3. The number of nitrogens with one attached hydrogen (secondary N) is 9. The number of anilines is 4. The molecule has 0 fully saturated rings. The third-order valence-electron chi connectivity index (χ3n) is 22.6. The fraction of sp³-hybridized carbons (Fsp3) is 0.453. The van der Waals surface area contributed by atoms with E-state index in [2.05, 4.69) is 68.9 Å². The van der Waals surface area contributed by atoms with Crippen molar-refractivity contribution in [2.45, 2.75) is 183 Å². The maximum Gasteiger partial charge on any atom is 0.333 e. The first-order valence-corrected chi connectivity index (χ1v) is 49.1. The van der Waals surface area contributed by atoms with Crippen molar-refractivity contribution in [2.24, 2.45) is 35.2 Å². The van der Waals surface area contributed by atoms with E-state index in [0.29, 0.717) is 16.4 Å². The van der Waals surface area contributed by atoms with Crippen LogP contribution in [0.3, 0.4) is 0 Å². The monoisotopic (exact) mass is 1920 g/mol. The van der Waals surface area contributed by atoms with Crippen molar-refractivity contribution in [3.8, 4) is 0 Å². The zero-order chi connectivity index (χ0) is 97.1. The SMILES string of the molecule is CC(C)c1cc(Cl)cc(C(C)C)c1NC(=O)NS(=O)(=O)c1cc(C(=O)N(C)CCO)n(C)n1.CC(C)c1cccc(C(C)C)c1NC(=O)NS(=O)(=O)c1cc(C(=O)N(C)CCO)n(C)n1.CN(Cc1ccnn1C)C(=O)c1cc(S(=O)(=O)NC(=O)Nc2c3c(cc4c2CCC4)CCC3)nn1C.Cn1nc(S(=O)(=O)NC(=O)Nc2c3c(cc4c2CCC4)CCC3)cc1C(=O)NCCO. The number of fused-ring (bicyclic) bond motifs is 4. The molecule has 0 saturated carbocycles. The molecule has 4 aliphatic rings. The zero-order valence-corrected chi connectivity index (χ0v) is 80.5. The lowest BCUT2D eigenvalue weighted by Crippen LogP contribution is -2.35. The second-order valence-electron chi connectivity index (χ2n) is 33.5. The van der Waals surface area contributed by atoms with Gasteiger partial charge in [-0.1, -0.05) is 97.3 Å². The Morgan fingerprint density at radius 3 is 1.00 bits per heavy atom. The molecule has 714 valence electrons. The van der Waals surface area contributed by atoms with Crippen molar-refractivity contribution < 1.29 is 87.3 Å². The smallest absolute Gasteiger partial charge is 0.333 e. The molecule has 9 aromatic rings. The summed E-state index contributed by atoms with van der Waals surface area (Å²) in [7, 11) is -5.22. The quantitative estimate of drug-likeness (QED) is 0.0223. The summed E-state index contributed by atoms with van der Waals surface area (Å²) in [4.78, 5) is 105. The standard InChI is InChI=1S/C24H29N7O4S.C21H30ClN5O5S.C21H31N5O5S.C20H25N5O5S/c1-29(14-17-10-11-25-30(17)2)23(32)20-13-21(27-31(20)3)36(34,35)28-24(33)26-22-18-8-4-6-15(18)12-16-7-5-9-19(16)22;1-12(2)15-9-14(22)10-16(13(3)4)19(15)23-21(30)25-33(31,32)18-11-17(27(6)24-18)20(29)26(5)7-8-28;1-13(2)15-8-7-9-16(14(3)4)19(15)22-21(29)24-32(30,31)18-12-17(26(6)23-18)20(28)25(5)10-11-27;1-25-16(19(27)21-8-9-26)11-17(23-25)31(29,30)24-20(28)22-18-14-6-2-4-12(14)10-13-5-3-7-15(13)18/h10-13H,4-9,14H2,1-3H3,(H2,26,28,33);9-13,28H,7-8H2,1-6H3,(H2,23,25,30);7-9,12-14,27H,10-11H2,1-6H3,(H2,22,24,29);10-11,26H,2-9H2,1H3,(H,21,27)(H2,22,24,28). The average Bonchev–Trinajstić information content (AvgIpc) is 1.62. The highest BCUT2D eigenvalue weighted by atomic mass is 35.5. The lowest BCUT2D eigenvalue weighted by atomic mass is 9.92. The van der Waals surface area contributed by atoms with Gasteiger partial charge in [0.2, 0.25) is 0 Å². The third-order valence-corrected chi connectivity index (χ3v) is 27.7. The van der Waals surface area contributed by atoms with Gasteiger partial charge in [-0.3, -0.25) is 42.6 Å². The fourth-order valence-electron chi connectivity index (χ4n) is 15.9. The number of hydrogen-bond acceptors (Lipinski definition) is 24. The van der Waals surface area contributed by atoms with Crippen LogP contribution in [0.15, 0.2) is 99.1 Å². The third kappa shape index (κ3) is 24.2. The first-order chi connectivity index (χ1) is 62.1. The molecule has 4 aliphatic carbocycles.